The summed E-state index contributed by atoms with van der Waals surface area (Å²) in [7, 11) is 1.97. The van der Waals surface area contributed by atoms with Gasteiger partial charge in [-0.15, -0.1) is 35.3 Å². The molecule has 8 heteroatoms. The molecule has 0 unspecified atom stereocenters. The van der Waals surface area contributed by atoms with Crippen LogP contribution in [-0.2, 0) is 11.3 Å². The summed E-state index contributed by atoms with van der Waals surface area (Å²) < 4.78 is 0. The van der Waals surface area contributed by atoms with Crippen LogP contribution < -0.4 is 10.6 Å². The van der Waals surface area contributed by atoms with Crippen LogP contribution in [0.4, 0.5) is 0 Å². The molecule has 0 saturated heterocycles. The van der Waals surface area contributed by atoms with Crippen LogP contribution in [0.5, 0.6) is 0 Å². The predicted octanol–water partition coefficient (Wildman–Crippen LogP) is 2.92. The van der Waals surface area contributed by atoms with E-state index in [1.54, 1.807) is 11.3 Å². The number of guanidine groups is 1. The van der Waals surface area contributed by atoms with Crippen LogP contribution in [0.15, 0.2) is 10.4 Å². The van der Waals surface area contributed by atoms with Gasteiger partial charge in [-0.2, -0.15) is 0 Å². The second-order valence-corrected chi connectivity index (χ2v) is 7.35. The van der Waals surface area contributed by atoms with Gasteiger partial charge in [0.1, 0.15) is 6.54 Å². The average molecular weight is 479 g/mol. The highest BCUT2D eigenvalue weighted by atomic mass is 127. The molecule has 0 bridgehead atoms. The molecule has 0 aliphatic heterocycles. The van der Waals surface area contributed by atoms with Crippen molar-refractivity contribution in [3.8, 4) is 0 Å². The molecule has 6 nitrogen and oxygen atoms in total. The second kappa shape index (κ2) is 11.7. The SMILES string of the molecule is CCNC(=NCC(=O)NC1CCCCC1)N(C)Cc1csc(C)n1.I. The van der Waals surface area contributed by atoms with Crippen molar-refractivity contribution in [1.29, 1.82) is 0 Å². The topological polar surface area (TPSA) is 69.6 Å². The molecule has 25 heavy (non-hydrogen) atoms. The van der Waals surface area contributed by atoms with Gasteiger partial charge in [0.2, 0.25) is 5.91 Å². The molecule has 1 heterocycles. The molecular weight excluding hydrogens is 449 g/mol. The number of aromatic nitrogens is 1. The number of hydrogen-bond acceptors (Lipinski definition) is 4. The first-order valence-electron chi connectivity index (χ1n) is 8.78. The third-order valence-corrected chi connectivity index (χ3v) is 4.93. The lowest BCUT2D eigenvalue weighted by Crippen LogP contribution is -2.41. The van der Waals surface area contributed by atoms with E-state index >= 15 is 0 Å². The fourth-order valence-corrected chi connectivity index (χ4v) is 3.54. The Hall–Kier alpha value is -0.900. The summed E-state index contributed by atoms with van der Waals surface area (Å²) in [4.78, 5) is 23.1. The Bertz CT molecular complexity index is 557. The van der Waals surface area contributed by atoms with Crippen molar-refractivity contribution in [1.82, 2.24) is 20.5 Å². The number of thiazole rings is 1. The summed E-state index contributed by atoms with van der Waals surface area (Å²) in [6.45, 7) is 5.64. The van der Waals surface area contributed by atoms with E-state index in [4.69, 9.17) is 0 Å². The van der Waals surface area contributed by atoms with Gasteiger partial charge in [-0.1, -0.05) is 19.3 Å². The first kappa shape index (κ1) is 22.1. The molecule has 1 aromatic rings. The number of aryl methyl sites for hydroxylation is 1. The minimum absolute atomic E-state index is 0. The summed E-state index contributed by atoms with van der Waals surface area (Å²) in [5, 5.41) is 9.47. The fourth-order valence-electron chi connectivity index (χ4n) is 2.94. The number of nitrogens with zero attached hydrogens (tertiary/aromatic N) is 3. The second-order valence-electron chi connectivity index (χ2n) is 6.29. The van der Waals surface area contributed by atoms with Gasteiger partial charge < -0.3 is 15.5 Å². The van der Waals surface area contributed by atoms with Crippen molar-refractivity contribution in [2.75, 3.05) is 20.1 Å². The monoisotopic (exact) mass is 479 g/mol. The minimum Gasteiger partial charge on any atom is -0.357 e. The zero-order chi connectivity index (χ0) is 17.4. The molecule has 0 aromatic carbocycles. The first-order chi connectivity index (χ1) is 11.6. The highest BCUT2D eigenvalue weighted by molar-refractivity contribution is 14.0. The minimum atomic E-state index is 0. The van der Waals surface area contributed by atoms with Gasteiger partial charge in [-0.25, -0.2) is 9.98 Å². The van der Waals surface area contributed by atoms with Gasteiger partial charge in [0.25, 0.3) is 0 Å². The summed E-state index contributed by atoms with van der Waals surface area (Å²) in [6, 6.07) is 0.333. The number of amides is 1. The molecule has 2 rings (SSSR count). The molecule has 1 aliphatic carbocycles. The molecule has 1 amide bonds. The van der Waals surface area contributed by atoms with Crippen LogP contribution in [0.2, 0.25) is 0 Å². The van der Waals surface area contributed by atoms with Gasteiger partial charge in [0.05, 0.1) is 17.2 Å². The molecule has 1 saturated carbocycles. The summed E-state index contributed by atoms with van der Waals surface area (Å²) in [5.74, 6) is 0.747. The molecule has 1 aliphatic rings. The number of halogens is 1. The van der Waals surface area contributed by atoms with E-state index in [0.717, 1.165) is 36.0 Å². The number of hydrogen-bond donors (Lipinski definition) is 2. The van der Waals surface area contributed by atoms with E-state index < -0.39 is 0 Å². The largest absolute Gasteiger partial charge is 0.357 e. The Morgan fingerprint density at radius 3 is 2.72 bits per heavy atom. The highest BCUT2D eigenvalue weighted by Crippen LogP contribution is 2.17. The zero-order valence-electron chi connectivity index (χ0n) is 15.4. The normalized spacial score (nSPS) is 15.4. The van der Waals surface area contributed by atoms with Crippen molar-refractivity contribution in [2.45, 2.75) is 58.5 Å². The third-order valence-electron chi connectivity index (χ3n) is 4.10. The van der Waals surface area contributed by atoms with Gasteiger partial charge >= 0.3 is 0 Å². The Kier molecular flexibility index (Phi) is 10.3. The molecule has 1 aromatic heterocycles. The molecule has 1 fully saturated rings. The maximum Gasteiger partial charge on any atom is 0.242 e. The van der Waals surface area contributed by atoms with Crippen LogP contribution in [0.25, 0.3) is 0 Å². The Morgan fingerprint density at radius 1 is 1.40 bits per heavy atom. The molecule has 0 spiro atoms. The van der Waals surface area contributed by atoms with Gasteiger partial charge in [0, 0.05) is 25.0 Å². The number of nitrogens with one attached hydrogen (secondary N) is 2. The van der Waals surface area contributed by atoms with Crippen LogP contribution in [-0.4, -0.2) is 47.9 Å². The van der Waals surface area contributed by atoms with E-state index in [2.05, 4.69) is 26.0 Å². The van der Waals surface area contributed by atoms with E-state index in [1.807, 2.05) is 25.8 Å². The Morgan fingerprint density at radius 2 is 2.12 bits per heavy atom. The maximum atomic E-state index is 12.1. The van der Waals surface area contributed by atoms with Crippen LogP contribution >= 0.6 is 35.3 Å². The maximum absolute atomic E-state index is 12.1. The fraction of sp³-hybridized carbons (Fsp3) is 0.706. The van der Waals surface area contributed by atoms with Crippen molar-refractivity contribution >= 4 is 47.2 Å². The average Bonchev–Trinajstić information content (AvgIpc) is 2.97. The van der Waals surface area contributed by atoms with E-state index in [1.165, 1.54) is 19.3 Å². The van der Waals surface area contributed by atoms with Crippen molar-refractivity contribution in [3.63, 3.8) is 0 Å². The lowest BCUT2D eigenvalue weighted by Gasteiger charge is -2.23. The number of rotatable bonds is 6. The molecule has 0 atom stereocenters. The summed E-state index contributed by atoms with van der Waals surface area (Å²) >= 11 is 1.65. The Balaban J connectivity index is 0.00000312. The number of carbonyl (C=O) groups is 1. The van der Waals surface area contributed by atoms with Gasteiger partial charge in [-0.3, -0.25) is 4.79 Å². The quantitative estimate of drug-likeness (QED) is 0.374. The zero-order valence-corrected chi connectivity index (χ0v) is 18.5. The van der Waals surface area contributed by atoms with Crippen LogP contribution in [0.3, 0.4) is 0 Å². The lowest BCUT2D eigenvalue weighted by atomic mass is 9.95. The number of carbonyl (C=O) groups excluding carboxylic acids is 1. The van der Waals surface area contributed by atoms with Crippen LogP contribution in [0, 0.1) is 6.92 Å². The summed E-state index contributed by atoms with van der Waals surface area (Å²) in [5.41, 5.74) is 1.03. The smallest absolute Gasteiger partial charge is 0.242 e. The van der Waals surface area contributed by atoms with Gasteiger partial charge in [-0.05, 0) is 26.7 Å². The first-order valence-corrected chi connectivity index (χ1v) is 9.66. The van der Waals surface area contributed by atoms with Crippen molar-refractivity contribution in [2.24, 2.45) is 4.99 Å². The number of aliphatic imine (C=N–C) groups is 1. The predicted molar refractivity (Wildman–Crippen MR) is 115 cm³/mol. The third kappa shape index (κ3) is 7.89. The molecule has 142 valence electrons. The molecular formula is C17H30IN5OS. The molecule has 2 N–H and O–H groups in total. The standard InChI is InChI=1S/C17H29N5OS.HI/c1-4-18-17(22(3)11-15-12-24-13(2)20-15)19-10-16(23)21-14-8-6-5-7-9-14;/h12,14H,4-11H2,1-3H3,(H,18,19)(H,21,23);1H. The Labute approximate surface area is 171 Å². The highest BCUT2D eigenvalue weighted by Gasteiger charge is 2.16. The summed E-state index contributed by atoms with van der Waals surface area (Å²) in [6.07, 6.45) is 5.91. The van der Waals surface area contributed by atoms with E-state index in [0.29, 0.717) is 12.6 Å². The molecule has 0 radical (unpaired) electrons. The van der Waals surface area contributed by atoms with E-state index in [-0.39, 0.29) is 36.4 Å². The van der Waals surface area contributed by atoms with E-state index in [9.17, 15) is 4.79 Å². The lowest BCUT2D eigenvalue weighted by molar-refractivity contribution is -0.120. The van der Waals surface area contributed by atoms with Crippen molar-refractivity contribution < 1.29 is 4.79 Å². The van der Waals surface area contributed by atoms with Crippen molar-refractivity contribution in [3.05, 3.63) is 16.1 Å². The van der Waals surface area contributed by atoms with Crippen LogP contribution in [0.1, 0.15) is 49.7 Å². The van der Waals surface area contributed by atoms with Gasteiger partial charge in [0.15, 0.2) is 5.96 Å².